The minimum atomic E-state index is -0.548. The fourth-order valence-electron chi connectivity index (χ4n) is 2.96. The van der Waals surface area contributed by atoms with Crippen molar-refractivity contribution in [3.63, 3.8) is 0 Å². The van der Waals surface area contributed by atoms with Crippen molar-refractivity contribution in [2.24, 2.45) is 0 Å². The Morgan fingerprint density at radius 2 is 2.15 bits per heavy atom. The molecule has 0 saturated carbocycles. The third-order valence-corrected chi connectivity index (χ3v) is 4.29. The number of benzene rings is 1. The molecule has 0 aliphatic carbocycles. The number of hydrogen-bond donors (Lipinski definition) is 0. The van der Waals surface area contributed by atoms with Crippen molar-refractivity contribution in [1.82, 2.24) is 9.38 Å². The van der Waals surface area contributed by atoms with Gasteiger partial charge in [-0.05, 0) is 24.3 Å². The first-order valence-electron chi connectivity index (χ1n) is 7.65. The van der Waals surface area contributed by atoms with Crippen LogP contribution < -0.4 is 9.64 Å². The molecule has 0 saturated heterocycles. The number of imidazole rings is 1. The quantitative estimate of drug-likeness (QED) is 0.406. The van der Waals surface area contributed by atoms with Gasteiger partial charge in [-0.3, -0.25) is 24.1 Å². The zero-order chi connectivity index (χ0) is 18.4. The number of ether oxygens (including phenoxy) is 1. The summed E-state index contributed by atoms with van der Waals surface area (Å²) in [5.74, 6) is 0.342. The van der Waals surface area contributed by atoms with Crippen molar-refractivity contribution in [3.05, 3.63) is 52.3 Å². The molecule has 1 aliphatic heterocycles. The number of amides is 1. The van der Waals surface area contributed by atoms with E-state index in [0.717, 1.165) is 0 Å². The topological polar surface area (TPSA) is 107 Å². The van der Waals surface area contributed by atoms with Gasteiger partial charge in [-0.25, -0.2) is 4.98 Å². The highest BCUT2D eigenvalue weighted by molar-refractivity contribution is 5.98. The van der Waals surface area contributed by atoms with Gasteiger partial charge in [-0.1, -0.05) is 0 Å². The maximum atomic E-state index is 11.8. The standard InChI is InChI=1S/C17H12N4O5/c1-19-12-7-10(4-5-14(12)26-9-15(19)23)16-13(8-22)20-6-2-3-11(21(24)25)17(20)18-16/h2-8H,9H2,1H3. The van der Waals surface area contributed by atoms with Crippen LogP contribution in [0.25, 0.3) is 16.9 Å². The number of carbonyl (C=O) groups is 2. The lowest BCUT2D eigenvalue weighted by Crippen LogP contribution is -2.35. The Labute approximate surface area is 146 Å². The number of carbonyl (C=O) groups excluding carboxylic acids is 2. The van der Waals surface area contributed by atoms with E-state index in [1.54, 1.807) is 31.4 Å². The van der Waals surface area contributed by atoms with Gasteiger partial charge in [-0.15, -0.1) is 0 Å². The smallest absolute Gasteiger partial charge is 0.312 e. The maximum absolute atomic E-state index is 11.8. The molecular formula is C17H12N4O5. The van der Waals surface area contributed by atoms with Gasteiger partial charge >= 0.3 is 5.69 Å². The maximum Gasteiger partial charge on any atom is 0.312 e. The first-order chi connectivity index (χ1) is 12.5. The van der Waals surface area contributed by atoms with Crippen LogP contribution in [0.15, 0.2) is 36.5 Å². The molecule has 1 aromatic carbocycles. The molecule has 0 bridgehead atoms. The van der Waals surface area contributed by atoms with Gasteiger partial charge in [0.25, 0.3) is 5.91 Å². The van der Waals surface area contributed by atoms with Crippen LogP contribution in [0.1, 0.15) is 10.5 Å². The lowest BCUT2D eigenvalue weighted by atomic mass is 10.1. The van der Waals surface area contributed by atoms with Crippen LogP contribution in [0.3, 0.4) is 0 Å². The summed E-state index contributed by atoms with van der Waals surface area (Å²) >= 11 is 0. The summed E-state index contributed by atoms with van der Waals surface area (Å²) in [7, 11) is 1.63. The lowest BCUT2D eigenvalue weighted by Gasteiger charge is -2.26. The Morgan fingerprint density at radius 3 is 2.88 bits per heavy atom. The van der Waals surface area contributed by atoms with Gasteiger partial charge in [0.05, 0.1) is 10.6 Å². The highest BCUT2D eigenvalue weighted by atomic mass is 16.6. The highest BCUT2D eigenvalue weighted by Gasteiger charge is 2.25. The molecule has 1 aliphatic rings. The van der Waals surface area contributed by atoms with Crippen LogP contribution >= 0.6 is 0 Å². The van der Waals surface area contributed by atoms with Crippen LogP contribution in [0.2, 0.25) is 0 Å². The minimum Gasteiger partial charge on any atom is -0.482 e. The summed E-state index contributed by atoms with van der Waals surface area (Å²) < 4.78 is 6.77. The van der Waals surface area contributed by atoms with Gasteiger partial charge < -0.3 is 9.64 Å². The van der Waals surface area contributed by atoms with Crippen LogP contribution in [0.5, 0.6) is 5.75 Å². The summed E-state index contributed by atoms with van der Waals surface area (Å²) in [6.07, 6.45) is 2.14. The van der Waals surface area contributed by atoms with Crippen molar-refractivity contribution in [2.75, 3.05) is 18.6 Å². The van der Waals surface area contributed by atoms with Crippen molar-refractivity contribution in [3.8, 4) is 17.0 Å². The summed E-state index contributed by atoms with van der Waals surface area (Å²) in [5.41, 5.74) is 1.46. The number of nitro groups is 1. The number of likely N-dealkylation sites (N-methyl/N-ethyl adjacent to an activating group) is 1. The number of rotatable bonds is 3. The molecule has 9 heteroatoms. The highest BCUT2D eigenvalue weighted by Crippen LogP contribution is 2.36. The van der Waals surface area contributed by atoms with Gasteiger partial charge in [0.15, 0.2) is 12.9 Å². The molecule has 0 unspecified atom stereocenters. The predicted octanol–water partition coefficient (Wildman–Crippen LogP) is 2.08. The average Bonchev–Trinajstić information content (AvgIpc) is 3.03. The molecule has 9 nitrogen and oxygen atoms in total. The van der Waals surface area contributed by atoms with E-state index >= 15 is 0 Å². The third-order valence-electron chi connectivity index (χ3n) is 4.29. The third kappa shape index (κ3) is 2.21. The number of fused-ring (bicyclic) bond motifs is 2. The number of aldehydes is 1. The first kappa shape index (κ1) is 15.8. The fourth-order valence-corrected chi connectivity index (χ4v) is 2.96. The van der Waals surface area contributed by atoms with E-state index in [1.807, 2.05) is 0 Å². The largest absolute Gasteiger partial charge is 0.482 e. The normalized spacial score (nSPS) is 13.4. The van der Waals surface area contributed by atoms with E-state index in [1.165, 1.54) is 21.4 Å². The molecule has 0 radical (unpaired) electrons. The van der Waals surface area contributed by atoms with Crippen molar-refractivity contribution in [1.29, 1.82) is 0 Å². The summed E-state index contributed by atoms with van der Waals surface area (Å²) in [6, 6.07) is 7.86. The van der Waals surface area contributed by atoms with Crippen LogP contribution in [-0.4, -0.2) is 40.2 Å². The fraction of sp³-hybridized carbons (Fsp3) is 0.118. The Balaban J connectivity index is 1.95. The Hall–Kier alpha value is -3.75. The van der Waals surface area contributed by atoms with Crippen LogP contribution in [-0.2, 0) is 4.79 Å². The monoisotopic (exact) mass is 352 g/mol. The SMILES string of the molecule is CN1C(=O)COc2ccc(-c3nc4c([N+](=O)[O-])cccn4c3C=O)cc21. The Kier molecular flexibility index (Phi) is 3.43. The van der Waals surface area contributed by atoms with E-state index in [9.17, 15) is 19.7 Å². The predicted molar refractivity (Wildman–Crippen MR) is 91.6 cm³/mol. The summed E-state index contributed by atoms with van der Waals surface area (Å²) in [4.78, 5) is 39.9. The first-order valence-corrected chi connectivity index (χ1v) is 7.65. The molecule has 130 valence electrons. The summed E-state index contributed by atoms with van der Waals surface area (Å²) in [6.45, 7) is -0.0387. The molecule has 4 rings (SSSR count). The number of pyridine rings is 1. The van der Waals surface area contributed by atoms with Gasteiger partial charge in [-0.2, -0.15) is 0 Å². The second-order valence-electron chi connectivity index (χ2n) is 5.73. The van der Waals surface area contributed by atoms with Crippen LogP contribution in [0.4, 0.5) is 11.4 Å². The lowest BCUT2D eigenvalue weighted by molar-refractivity contribution is -0.383. The van der Waals surface area contributed by atoms with Gasteiger partial charge in [0.1, 0.15) is 17.1 Å². The zero-order valence-corrected chi connectivity index (χ0v) is 13.6. The molecular weight excluding hydrogens is 340 g/mol. The van der Waals surface area contributed by atoms with Gasteiger partial charge in [0.2, 0.25) is 5.65 Å². The van der Waals surface area contributed by atoms with E-state index < -0.39 is 4.92 Å². The Morgan fingerprint density at radius 1 is 1.35 bits per heavy atom. The molecule has 1 amide bonds. The van der Waals surface area contributed by atoms with Gasteiger partial charge in [0, 0.05) is 24.9 Å². The molecule has 0 atom stereocenters. The van der Waals surface area contributed by atoms with E-state index in [4.69, 9.17) is 4.74 Å². The molecule has 2 aromatic heterocycles. The number of anilines is 1. The zero-order valence-electron chi connectivity index (χ0n) is 13.6. The number of nitrogens with zero attached hydrogens (tertiary/aromatic N) is 4. The van der Waals surface area contributed by atoms with Crippen molar-refractivity contribution >= 4 is 29.2 Å². The van der Waals surface area contributed by atoms with Crippen molar-refractivity contribution in [2.45, 2.75) is 0 Å². The minimum absolute atomic E-state index is 0.0387. The van der Waals surface area contributed by atoms with E-state index in [-0.39, 0.29) is 29.5 Å². The molecule has 26 heavy (non-hydrogen) atoms. The average molecular weight is 352 g/mol. The van der Waals surface area contributed by atoms with Crippen LogP contribution in [0, 0.1) is 10.1 Å². The second kappa shape index (κ2) is 5.66. The molecule has 0 spiro atoms. The van der Waals surface area contributed by atoms with E-state index in [2.05, 4.69) is 4.98 Å². The van der Waals surface area contributed by atoms with E-state index in [0.29, 0.717) is 29.0 Å². The summed E-state index contributed by atoms with van der Waals surface area (Å²) in [5, 5.41) is 11.2. The van der Waals surface area contributed by atoms with Crippen molar-refractivity contribution < 1.29 is 19.2 Å². The number of aromatic nitrogens is 2. The Bertz CT molecular complexity index is 1090. The number of hydrogen-bond acceptors (Lipinski definition) is 6. The molecule has 0 fully saturated rings. The second-order valence-corrected chi connectivity index (χ2v) is 5.73. The molecule has 3 aromatic rings. The molecule has 0 N–H and O–H groups in total. The molecule has 3 heterocycles.